The largest absolute Gasteiger partial charge is 0.394 e. The third-order valence-corrected chi connectivity index (χ3v) is 5.49. The summed E-state index contributed by atoms with van der Waals surface area (Å²) in [7, 11) is -0.842. The van der Waals surface area contributed by atoms with E-state index < -0.39 is 39.1 Å². The highest BCUT2D eigenvalue weighted by atomic mass is 32.2. The summed E-state index contributed by atoms with van der Waals surface area (Å²) in [5.41, 5.74) is 4.41. The normalized spacial score (nSPS) is 12.0. The molecule has 0 radical (unpaired) electrons. The van der Waals surface area contributed by atoms with Crippen molar-refractivity contribution in [1.29, 1.82) is 0 Å². The molecule has 0 fully saturated rings. The van der Waals surface area contributed by atoms with Crippen LogP contribution in [0, 0.1) is 11.6 Å². The summed E-state index contributed by atoms with van der Waals surface area (Å²) in [5, 5.41) is 4.83. The molecule has 1 heterocycles. The molecule has 33 heavy (non-hydrogen) atoms. The van der Waals surface area contributed by atoms with Crippen molar-refractivity contribution >= 4 is 44.9 Å². The third-order valence-electron chi connectivity index (χ3n) is 4.01. The Balaban J connectivity index is 2.26. The number of benzene rings is 1. The number of rotatable bonds is 9. The highest BCUT2D eigenvalue weighted by Gasteiger charge is 2.21. The average molecular weight is 483 g/mol. The Morgan fingerprint density at radius 3 is 2.70 bits per heavy atom. The number of urea groups is 1. The van der Waals surface area contributed by atoms with Gasteiger partial charge in [-0.15, -0.1) is 0 Å². The van der Waals surface area contributed by atoms with Crippen LogP contribution in [-0.2, 0) is 10.0 Å². The number of aromatic nitrogens is 2. The number of aliphatic imine (C=N–C) groups is 1. The van der Waals surface area contributed by atoms with Gasteiger partial charge >= 0.3 is 6.03 Å². The molecule has 0 aliphatic rings. The summed E-state index contributed by atoms with van der Waals surface area (Å²) in [6.07, 6.45) is 4.48. The minimum Gasteiger partial charge on any atom is -0.394 e. The standard InChI is InChI=1S/C19H24F2N8O3S/c1-4-9-33(31,32)28-13-6-5-12(20)18(17(13)21)27-19(30)29(3)16-10-15(24-11-25-16)26-14(22)7-8-23-2/h5-8,10-11,23,28H,4,9H2,1-3H3,(H,27,30)(H2,22,24,25,26)/b8-7-. The molecule has 2 rings (SSSR count). The van der Waals surface area contributed by atoms with Gasteiger partial charge in [-0.3, -0.25) is 9.62 Å². The van der Waals surface area contributed by atoms with Gasteiger partial charge in [-0.05, 0) is 30.8 Å². The number of amidine groups is 1. The van der Waals surface area contributed by atoms with Crippen molar-refractivity contribution in [3.05, 3.63) is 48.4 Å². The predicted molar refractivity (Wildman–Crippen MR) is 123 cm³/mol. The van der Waals surface area contributed by atoms with Crippen molar-refractivity contribution < 1.29 is 22.0 Å². The summed E-state index contributed by atoms with van der Waals surface area (Å²) in [5.74, 6) is -2.28. The number of halogens is 2. The number of nitrogens with one attached hydrogen (secondary N) is 3. The fourth-order valence-corrected chi connectivity index (χ4v) is 3.58. The van der Waals surface area contributed by atoms with Gasteiger partial charge in [0, 0.05) is 20.2 Å². The van der Waals surface area contributed by atoms with Gasteiger partial charge in [-0.25, -0.2) is 37.0 Å². The van der Waals surface area contributed by atoms with Crippen molar-refractivity contribution in [2.45, 2.75) is 13.3 Å². The molecule has 14 heteroatoms. The van der Waals surface area contributed by atoms with E-state index in [9.17, 15) is 22.0 Å². The molecule has 0 saturated carbocycles. The quantitative estimate of drug-likeness (QED) is 0.316. The topological polar surface area (TPSA) is 155 Å². The lowest BCUT2D eigenvalue weighted by Gasteiger charge is -2.18. The van der Waals surface area contributed by atoms with Gasteiger partial charge in [-0.1, -0.05) is 6.92 Å². The lowest BCUT2D eigenvalue weighted by Crippen LogP contribution is -2.32. The molecular weight excluding hydrogens is 458 g/mol. The van der Waals surface area contributed by atoms with Crippen LogP contribution in [-0.4, -0.2) is 50.1 Å². The predicted octanol–water partition coefficient (Wildman–Crippen LogP) is 2.30. The Bertz CT molecular complexity index is 1170. The van der Waals surface area contributed by atoms with Crippen molar-refractivity contribution in [3.63, 3.8) is 0 Å². The summed E-state index contributed by atoms with van der Waals surface area (Å²) >= 11 is 0. The Morgan fingerprint density at radius 1 is 1.30 bits per heavy atom. The van der Waals surface area contributed by atoms with Crippen LogP contribution in [0.1, 0.15) is 13.3 Å². The van der Waals surface area contributed by atoms with Crippen molar-refractivity contribution in [2.75, 3.05) is 34.8 Å². The highest BCUT2D eigenvalue weighted by molar-refractivity contribution is 7.92. The van der Waals surface area contributed by atoms with E-state index in [1.165, 1.54) is 19.2 Å². The second-order valence-electron chi connectivity index (χ2n) is 6.59. The van der Waals surface area contributed by atoms with E-state index >= 15 is 0 Å². The van der Waals surface area contributed by atoms with E-state index in [2.05, 4.69) is 25.6 Å². The van der Waals surface area contributed by atoms with Crippen LogP contribution in [0.25, 0.3) is 0 Å². The molecular formula is C19H24F2N8O3S. The minimum absolute atomic E-state index is 0.0623. The molecule has 0 bridgehead atoms. The van der Waals surface area contributed by atoms with E-state index in [-0.39, 0.29) is 23.2 Å². The van der Waals surface area contributed by atoms with Crippen LogP contribution in [0.4, 0.5) is 36.6 Å². The van der Waals surface area contributed by atoms with E-state index in [1.54, 1.807) is 20.2 Å². The molecule has 11 nitrogen and oxygen atoms in total. The molecule has 0 unspecified atom stereocenters. The van der Waals surface area contributed by atoms with Crippen molar-refractivity contribution in [1.82, 2.24) is 15.3 Å². The third kappa shape index (κ3) is 7.10. The fraction of sp³-hybridized carbons (Fsp3) is 0.263. The number of anilines is 3. The Kier molecular flexibility index (Phi) is 8.62. The van der Waals surface area contributed by atoms with E-state index in [0.717, 1.165) is 23.4 Å². The Hall–Kier alpha value is -3.81. The van der Waals surface area contributed by atoms with Gasteiger partial charge in [0.05, 0.1) is 11.4 Å². The highest BCUT2D eigenvalue weighted by Crippen LogP contribution is 2.27. The van der Waals surface area contributed by atoms with Gasteiger partial charge in [0.25, 0.3) is 0 Å². The lowest BCUT2D eigenvalue weighted by molar-refractivity contribution is 0.257. The first-order chi connectivity index (χ1) is 15.6. The van der Waals surface area contributed by atoms with Crippen LogP contribution in [0.3, 0.4) is 0 Å². The summed E-state index contributed by atoms with van der Waals surface area (Å²) in [4.78, 5) is 25.5. The molecule has 178 valence electrons. The SMILES string of the molecule is CCCS(=O)(=O)Nc1ccc(F)c(NC(=O)N(C)c2cc(/N=C(N)\C=C/NC)ncn2)c1F. The fourth-order valence-electron chi connectivity index (χ4n) is 2.45. The van der Waals surface area contributed by atoms with Gasteiger partial charge in [0.2, 0.25) is 10.0 Å². The molecule has 0 aliphatic heterocycles. The molecule has 2 amide bonds. The Morgan fingerprint density at radius 2 is 2.03 bits per heavy atom. The smallest absolute Gasteiger partial charge is 0.327 e. The average Bonchev–Trinajstić information content (AvgIpc) is 2.76. The number of hydrogen-bond donors (Lipinski definition) is 4. The van der Waals surface area contributed by atoms with Crippen LogP contribution in [0.15, 0.2) is 41.8 Å². The first kappa shape index (κ1) is 25.5. The van der Waals surface area contributed by atoms with Crippen molar-refractivity contribution in [3.8, 4) is 0 Å². The number of sulfonamides is 1. The summed E-state index contributed by atoms with van der Waals surface area (Å²) in [6, 6.07) is 2.15. The molecule has 0 aliphatic carbocycles. The van der Waals surface area contributed by atoms with Crippen LogP contribution in [0.5, 0.6) is 0 Å². The van der Waals surface area contributed by atoms with E-state index in [4.69, 9.17) is 5.73 Å². The number of amides is 2. The number of hydrogen-bond acceptors (Lipinski definition) is 7. The van der Waals surface area contributed by atoms with E-state index in [1.807, 2.05) is 4.72 Å². The molecule has 0 spiro atoms. The summed E-state index contributed by atoms with van der Waals surface area (Å²) in [6.45, 7) is 1.64. The second kappa shape index (κ2) is 11.2. The monoisotopic (exact) mass is 482 g/mol. The van der Waals surface area contributed by atoms with Gasteiger partial charge < -0.3 is 16.4 Å². The second-order valence-corrected chi connectivity index (χ2v) is 8.43. The van der Waals surface area contributed by atoms with Gasteiger partial charge in [0.1, 0.15) is 29.5 Å². The van der Waals surface area contributed by atoms with Crippen LogP contribution < -0.4 is 26.0 Å². The van der Waals surface area contributed by atoms with Gasteiger partial charge in [0.15, 0.2) is 11.6 Å². The zero-order chi connectivity index (χ0) is 24.6. The Labute approximate surface area is 189 Å². The number of nitrogens with two attached hydrogens (primary N) is 1. The maximum atomic E-state index is 14.8. The van der Waals surface area contributed by atoms with Crippen LogP contribution >= 0.6 is 0 Å². The first-order valence-electron chi connectivity index (χ1n) is 9.61. The molecule has 1 aromatic carbocycles. The summed E-state index contributed by atoms with van der Waals surface area (Å²) < 4.78 is 54.9. The lowest BCUT2D eigenvalue weighted by atomic mass is 10.2. The molecule has 5 N–H and O–H groups in total. The molecule has 0 atom stereocenters. The zero-order valence-electron chi connectivity index (χ0n) is 18.1. The number of carbonyl (C=O) groups is 1. The van der Waals surface area contributed by atoms with Gasteiger partial charge in [-0.2, -0.15) is 0 Å². The van der Waals surface area contributed by atoms with E-state index in [0.29, 0.717) is 6.42 Å². The van der Waals surface area contributed by atoms with Crippen molar-refractivity contribution in [2.24, 2.45) is 10.7 Å². The maximum Gasteiger partial charge on any atom is 0.327 e. The molecule has 0 saturated heterocycles. The van der Waals surface area contributed by atoms with Crippen LogP contribution in [0.2, 0.25) is 0 Å². The minimum atomic E-state index is -3.83. The first-order valence-corrected chi connectivity index (χ1v) is 11.3. The number of carbonyl (C=O) groups excluding carboxylic acids is 1. The maximum absolute atomic E-state index is 14.8. The zero-order valence-corrected chi connectivity index (χ0v) is 18.9. The molecule has 1 aromatic heterocycles. The number of nitrogens with zero attached hydrogens (tertiary/aromatic N) is 4. The molecule has 2 aromatic rings.